The predicted octanol–water partition coefficient (Wildman–Crippen LogP) is 4.20. The summed E-state index contributed by atoms with van der Waals surface area (Å²) in [4.78, 5) is 30.5. The molecule has 5 rings (SSSR count). The number of hydrogen-bond acceptors (Lipinski definition) is 6. The van der Waals surface area contributed by atoms with Gasteiger partial charge < -0.3 is 20.1 Å². The molecule has 0 radical (unpaired) electrons. The van der Waals surface area contributed by atoms with Crippen molar-refractivity contribution in [3.05, 3.63) is 114 Å². The number of hydrogen-bond donors (Lipinski definition) is 2. The van der Waals surface area contributed by atoms with Gasteiger partial charge in [-0.25, -0.2) is 13.6 Å². The maximum atomic E-state index is 14.0. The summed E-state index contributed by atoms with van der Waals surface area (Å²) in [6, 6.07) is 14.9. The summed E-state index contributed by atoms with van der Waals surface area (Å²) in [7, 11) is 1.22. The highest BCUT2D eigenvalue weighted by atomic mass is 19.1. The first-order chi connectivity index (χ1) is 17.9. The van der Waals surface area contributed by atoms with Crippen LogP contribution in [-0.4, -0.2) is 41.7 Å². The molecular weight excluding hydrogens is 480 g/mol. The van der Waals surface area contributed by atoms with Crippen LogP contribution >= 0.6 is 0 Å². The molecule has 3 unspecified atom stereocenters. The van der Waals surface area contributed by atoms with Crippen molar-refractivity contribution in [3.63, 3.8) is 0 Å². The lowest BCUT2D eigenvalue weighted by Gasteiger charge is -2.36. The van der Waals surface area contributed by atoms with Gasteiger partial charge in [0.2, 0.25) is 0 Å². The number of esters is 1. The van der Waals surface area contributed by atoms with Gasteiger partial charge in [0.25, 0.3) is 5.91 Å². The van der Waals surface area contributed by atoms with Crippen molar-refractivity contribution in [2.45, 2.75) is 24.2 Å². The van der Waals surface area contributed by atoms with Crippen LogP contribution in [0.15, 0.2) is 96.4 Å². The molecule has 1 aromatic heterocycles. The number of pyridine rings is 1. The van der Waals surface area contributed by atoms with Gasteiger partial charge in [-0.15, -0.1) is 0 Å². The van der Waals surface area contributed by atoms with Crippen molar-refractivity contribution in [1.82, 2.24) is 4.98 Å². The number of fused-ring (bicyclic) bond motifs is 2. The van der Waals surface area contributed by atoms with Crippen LogP contribution < -0.4 is 10.6 Å². The third kappa shape index (κ3) is 4.73. The summed E-state index contributed by atoms with van der Waals surface area (Å²) < 4.78 is 39.5. The van der Waals surface area contributed by atoms with Gasteiger partial charge in [-0.1, -0.05) is 36.4 Å². The van der Waals surface area contributed by atoms with E-state index in [1.54, 1.807) is 24.3 Å². The molecule has 0 aliphatic carbocycles. The number of rotatable bonds is 8. The molecule has 0 fully saturated rings. The first kappa shape index (κ1) is 24.3. The minimum Gasteiger partial charge on any atom is -0.466 e. The van der Waals surface area contributed by atoms with Crippen molar-refractivity contribution in [2.75, 3.05) is 17.7 Å². The Labute approximate surface area is 211 Å². The number of nitrogens with zero attached hydrogens (tertiary/aromatic N) is 1. The van der Waals surface area contributed by atoms with Gasteiger partial charge in [0.1, 0.15) is 23.3 Å². The van der Waals surface area contributed by atoms with Crippen LogP contribution in [0.5, 0.6) is 0 Å². The van der Waals surface area contributed by atoms with Crippen LogP contribution in [0.2, 0.25) is 0 Å². The third-order valence-corrected chi connectivity index (χ3v) is 6.36. The Bertz CT molecular complexity index is 1370. The van der Waals surface area contributed by atoms with Crippen LogP contribution in [-0.2, 0) is 25.5 Å². The molecule has 3 heterocycles. The van der Waals surface area contributed by atoms with E-state index in [1.807, 2.05) is 30.3 Å². The van der Waals surface area contributed by atoms with Gasteiger partial charge in [-0.3, -0.25) is 9.78 Å². The van der Waals surface area contributed by atoms with Crippen LogP contribution in [0.4, 0.5) is 20.2 Å². The normalized spacial score (nSPS) is 20.6. The Balaban J connectivity index is 1.59. The van der Waals surface area contributed by atoms with Crippen LogP contribution in [0.3, 0.4) is 0 Å². The lowest BCUT2D eigenvalue weighted by molar-refractivity contribution is -0.138. The fourth-order valence-corrected chi connectivity index (χ4v) is 4.79. The van der Waals surface area contributed by atoms with E-state index in [-0.39, 0.29) is 16.8 Å². The van der Waals surface area contributed by atoms with Crippen molar-refractivity contribution >= 4 is 23.3 Å². The second-order valence-corrected chi connectivity index (χ2v) is 8.71. The highest BCUT2D eigenvalue weighted by Gasteiger charge is 2.58. The molecule has 7 nitrogen and oxygen atoms in total. The number of benzene rings is 2. The number of ether oxygens (including phenoxy) is 2. The van der Waals surface area contributed by atoms with Gasteiger partial charge in [0.15, 0.2) is 0 Å². The molecule has 0 saturated carbocycles. The molecule has 1 amide bonds. The standard InChI is InChI=1S/C28H23F2N3O4/c1-36-27(35)25-24(26(34)33-20-8-11-31-12-9-20)22-7-10-28(25,37-22)23(13-17-5-3-2-4-6-17)32-21-15-18(29)14-19(30)16-21/h2-12,14-16,22-23,32H,13H2,1H3,(H,31,33,34). The largest absolute Gasteiger partial charge is 0.466 e. The lowest BCUT2D eigenvalue weighted by Crippen LogP contribution is -2.49. The molecule has 2 N–H and O–H groups in total. The molecule has 0 saturated heterocycles. The number of carbonyl (C=O) groups is 2. The van der Waals surface area contributed by atoms with Crippen molar-refractivity contribution < 1.29 is 27.8 Å². The van der Waals surface area contributed by atoms with Gasteiger partial charge in [-0.05, 0) is 42.3 Å². The summed E-state index contributed by atoms with van der Waals surface area (Å²) >= 11 is 0. The zero-order chi connectivity index (χ0) is 26.0. The van der Waals surface area contributed by atoms with E-state index >= 15 is 0 Å². The van der Waals surface area contributed by atoms with Crippen LogP contribution in [0.1, 0.15) is 5.56 Å². The monoisotopic (exact) mass is 503 g/mol. The topological polar surface area (TPSA) is 89.6 Å². The van der Waals surface area contributed by atoms with Crippen LogP contribution in [0.25, 0.3) is 0 Å². The molecule has 3 aromatic rings. The highest BCUT2D eigenvalue weighted by Crippen LogP contribution is 2.47. The smallest absolute Gasteiger partial charge is 0.337 e. The molecule has 3 atom stereocenters. The molecule has 37 heavy (non-hydrogen) atoms. The quantitative estimate of drug-likeness (QED) is 0.354. The molecule has 188 valence electrons. The zero-order valence-corrected chi connectivity index (χ0v) is 19.8. The fourth-order valence-electron chi connectivity index (χ4n) is 4.79. The van der Waals surface area contributed by atoms with Gasteiger partial charge >= 0.3 is 5.97 Å². The average Bonchev–Trinajstić information content (AvgIpc) is 3.47. The molecule has 9 heteroatoms. The molecule has 2 aliphatic rings. The maximum Gasteiger partial charge on any atom is 0.337 e. The maximum absolute atomic E-state index is 14.0. The highest BCUT2D eigenvalue weighted by molar-refractivity contribution is 6.12. The Morgan fingerprint density at radius 2 is 1.76 bits per heavy atom. The van der Waals surface area contributed by atoms with Crippen molar-refractivity contribution in [3.8, 4) is 0 Å². The number of methoxy groups -OCH3 is 1. The molecule has 2 aromatic carbocycles. The first-order valence-corrected chi connectivity index (χ1v) is 11.6. The minimum absolute atomic E-state index is 0.0272. The average molecular weight is 504 g/mol. The number of aromatic nitrogens is 1. The Kier molecular flexibility index (Phi) is 6.54. The van der Waals surface area contributed by atoms with E-state index in [9.17, 15) is 18.4 Å². The Morgan fingerprint density at radius 3 is 2.43 bits per heavy atom. The summed E-state index contributed by atoms with van der Waals surface area (Å²) in [6.45, 7) is 0. The molecule has 0 spiro atoms. The minimum atomic E-state index is -1.44. The summed E-state index contributed by atoms with van der Waals surface area (Å²) in [5, 5.41) is 5.92. The van der Waals surface area contributed by atoms with E-state index in [0.29, 0.717) is 12.1 Å². The second-order valence-electron chi connectivity index (χ2n) is 8.71. The Hall–Kier alpha value is -4.37. The first-order valence-electron chi connectivity index (χ1n) is 11.6. The summed E-state index contributed by atoms with van der Waals surface area (Å²) in [5.41, 5.74) is 0.224. The molecule has 2 aliphatic heterocycles. The van der Waals surface area contributed by atoms with E-state index in [1.165, 1.54) is 19.5 Å². The number of halogens is 2. The van der Waals surface area contributed by atoms with E-state index in [2.05, 4.69) is 15.6 Å². The number of nitrogens with one attached hydrogen (secondary N) is 2. The number of anilines is 2. The lowest BCUT2D eigenvalue weighted by atomic mass is 9.78. The van der Waals surface area contributed by atoms with E-state index in [0.717, 1.165) is 23.8 Å². The SMILES string of the molecule is COC(=O)C1=C(C(=O)Nc2ccncc2)C2C=CC1(C(Cc1ccccc1)Nc1cc(F)cc(F)c1)O2. The van der Waals surface area contributed by atoms with Gasteiger partial charge in [0, 0.05) is 29.8 Å². The van der Waals surface area contributed by atoms with Gasteiger partial charge in [0.05, 0.1) is 24.3 Å². The summed E-state index contributed by atoms with van der Waals surface area (Å²) in [6.07, 6.45) is 5.93. The summed E-state index contributed by atoms with van der Waals surface area (Å²) in [5.74, 6) is -2.78. The predicted molar refractivity (Wildman–Crippen MR) is 133 cm³/mol. The second kappa shape index (κ2) is 9.94. The number of carbonyl (C=O) groups excluding carboxylic acids is 2. The fraction of sp³-hybridized carbons (Fsp3) is 0.179. The van der Waals surface area contributed by atoms with Crippen LogP contribution in [0, 0.1) is 11.6 Å². The molecular formula is C28H23F2N3O4. The van der Waals surface area contributed by atoms with Gasteiger partial charge in [-0.2, -0.15) is 0 Å². The van der Waals surface area contributed by atoms with E-state index < -0.39 is 41.3 Å². The van der Waals surface area contributed by atoms with E-state index in [4.69, 9.17) is 9.47 Å². The van der Waals surface area contributed by atoms with Crippen molar-refractivity contribution in [2.24, 2.45) is 0 Å². The third-order valence-electron chi connectivity index (χ3n) is 6.36. The number of amides is 1. The molecule has 2 bridgehead atoms. The van der Waals surface area contributed by atoms with Crippen molar-refractivity contribution in [1.29, 1.82) is 0 Å². The Morgan fingerprint density at radius 1 is 1.05 bits per heavy atom. The zero-order valence-electron chi connectivity index (χ0n) is 19.8.